The van der Waals surface area contributed by atoms with Crippen LogP contribution in [0.15, 0.2) is 75.0 Å². The quantitative estimate of drug-likeness (QED) is 0.543. The Morgan fingerprint density at radius 1 is 0.741 bits per heavy atom. The number of rotatable bonds is 2. The molecular weight excluding hydrogens is 344 g/mol. The number of aryl methyl sites for hydroxylation is 2. The third-order valence-electron chi connectivity index (χ3n) is 4.45. The Morgan fingerprint density at radius 2 is 1.26 bits per heavy atom. The highest BCUT2D eigenvalue weighted by Gasteiger charge is 2.20. The van der Waals surface area contributed by atoms with E-state index in [1.807, 2.05) is 6.07 Å². The molecule has 4 rings (SSSR count). The third kappa shape index (κ3) is 2.52. The van der Waals surface area contributed by atoms with Gasteiger partial charge in [-0.15, -0.1) is 0 Å². The zero-order valence-corrected chi connectivity index (χ0v) is 14.8. The van der Waals surface area contributed by atoms with Crippen LogP contribution in [0, 0.1) is 6.92 Å². The molecule has 2 aromatic carbocycles. The fourth-order valence-corrected chi connectivity index (χ4v) is 3.16. The molecule has 0 N–H and O–H groups in total. The van der Waals surface area contributed by atoms with Crippen molar-refractivity contribution in [3.63, 3.8) is 0 Å². The molecule has 0 aliphatic carbocycles. The van der Waals surface area contributed by atoms with Crippen molar-refractivity contribution in [2.45, 2.75) is 6.92 Å². The van der Waals surface area contributed by atoms with Crippen LogP contribution in [0.5, 0.6) is 0 Å². The molecule has 7 nitrogen and oxygen atoms in total. The number of aromatic nitrogens is 4. The van der Waals surface area contributed by atoms with E-state index in [9.17, 15) is 14.4 Å². The van der Waals surface area contributed by atoms with E-state index in [0.717, 1.165) is 4.57 Å². The predicted molar refractivity (Wildman–Crippen MR) is 103 cm³/mol. The van der Waals surface area contributed by atoms with Crippen LogP contribution in [-0.4, -0.2) is 18.7 Å². The summed E-state index contributed by atoms with van der Waals surface area (Å²) >= 11 is 0. The largest absolute Gasteiger partial charge is 0.342 e. The summed E-state index contributed by atoms with van der Waals surface area (Å²) in [6.45, 7) is 1.55. The van der Waals surface area contributed by atoms with Crippen molar-refractivity contribution in [2.75, 3.05) is 0 Å². The van der Waals surface area contributed by atoms with E-state index in [4.69, 9.17) is 0 Å². The molecule has 7 heteroatoms. The van der Waals surface area contributed by atoms with Crippen LogP contribution in [0.4, 0.5) is 0 Å². The Balaban J connectivity index is 2.31. The summed E-state index contributed by atoms with van der Waals surface area (Å²) in [6, 6.07) is 17.5. The summed E-state index contributed by atoms with van der Waals surface area (Å²) in [5.74, 6) is 0. The van der Waals surface area contributed by atoms with Gasteiger partial charge in [0.1, 0.15) is 5.69 Å². The number of fused-ring (bicyclic) bond motifs is 1. The minimum atomic E-state index is -0.564. The molecule has 0 aliphatic heterocycles. The van der Waals surface area contributed by atoms with Gasteiger partial charge in [0.15, 0.2) is 11.2 Å². The van der Waals surface area contributed by atoms with Gasteiger partial charge in [0.2, 0.25) is 0 Å². The molecule has 0 atom stereocenters. The molecule has 2 aromatic heterocycles. The van der Waals surface area contributed by atoms with E-state index < -0.39 is 11.2 Å². The first-order chi connectivity index (χ1) is 13.0. The van der Waals surface area contributed by atoms with Gasteiger partial charge in [-0.25, -0.2) is 18.9 Å². The Hall–Kier alpha value is -3.74. The van der Waals surface area contributed by atoms with E-state index in [-0.39, 0.29) is 22.4 Å². The number of hydrogen-bond acceptors (Lipinski definition) is 4. The Kier molecular flexibility index (Phi) is 3.84. The van der Waals surface area contributed by atoms with E-state index in [1.165, 1.54) is 16.2 Å². The summed E-state index contributed by atoms with van der Waals surface area (Å²) in [5, 5.41) is 0. The number of benzene rings is 2. The van der Waals surface area contributed by atoms with Gasteiger partial charge >= 0.3 is 5.69 Å². The Labute approximate surface area is 153 Å². The summed E-state index contributed by atoms with van der Waals surface area (Å²) in [5.41, 5.74) is -0.0906. The molecule has 0 bridgehead atoms. The summed E-state index contributed by atoms with van der Waals surface area (Å²) in [6.07, 6.45) is 0. The van der Waals surface area contributed by atoms with Crippen molar-refractivity contribution in [1.82, 2.24) is 18.7 Å². The Bertz CT molecular complexity index is 1330. The maximum Gasteiger partial charge on any atom is 0.342 e. The van der Waals surface area contributed by atoms with Crippen LogP contribution in [0.25, 0.3) is 22.5 Å². The molecule has 2 heterocycles. The van der Waals surface area contributed by atoms with Crippen molar-refractivity contribution in [1.29, 1.82) is 0 Å². The number of hydrogen-bond donors (Lipinski definition) is 0. The number of para-hydroxylation sites is 2. The van der Waals surface area contributed by atoms with Crippen LogP contribution < -0.4 is 16.8 Å². The van der Waals surface area contributed by atoms with Gasteiger partial charge in [-0.3, -0.25) is 14.2 Å². The molecule has 0 unspecified atom stereocenters. The lowest BCUT2D eigenvalue weighted by Crippen LogP contribution is -2.41. The first kappa shape index (κ1) is 16.7. The second-order valence-corrected chi connectivity index (χ2v) is 6.16. The molecule has 0 radical (unpaired) electrons. The zero-order valence-electron chi connectivity index (χ0n) is 14.8. The molecule has 0 fully saturated rings. The van der Waals surface area contributed by atoms with Gasteiger partial charge in [0.05, 0.1) is 11.4 Å². The highest BCUT2D eigenvalue weighted by molar-refractivity contribution is 5.72. The van der Waals surface area contributed by atoms with Gasteiger partial charge in [-0.2, -0.15) is 0 Å². The van der Waals surface area contributed by atoms with E-state index in [2.05, 4.69) is 4.98 Å². The molecule has 0 spiro atoms. The van der Waals surface area contributed by atoms with E-state index >= 15 is 0 Å². The van der Waals surface area contributed by atoms with Crippen LogP contribution in [0.1, 0.15) is 5.69 Å². The van der Waals surface area contributed by atoms with E-state index in [1.54, 1.807) is 61.5 Å². The van der Waals surface area contributed by atoms with Gasteiger partial charge < -0.3 is 0 Å². The van der Waals surface area contributed by atoms with Crippen molar-refractivity contribution < 1.29 is 0 Å². The highest BCUT2D eigenvalue weighted by atomic mass is 16.2. The summed E-state index contributed by atoms with van der Waals surface area (Å²) in [4.78, 5) is 43.1. The minimum absolute atomic E-state index is 0.0573. The topological polar surface area (TPSA) is 78.9 Å². The average molecular weight is 360 g/mol. The van der Waals surface area contributed by atoms with Crippen molar-refractivity contribution in [3.05, 3.63) is 97.5 Å². The second kappa shape index (κ2) is 6.21. The predicted octanol–water partition coefficient (Wildman–Crippen LogP) is 1.54. The fraction of sp³-hybridized carbons (Fsp3) is 0.100. The molecule has 0 amide bonds. The normalized spacial score (nSPS) is 11.0. The maximum atomic E-state index is 13.3. The Morgan fingerprint density at radius 3 is 1.81 bits per heavy atom. The average Bonchev–Trinajstić information content (AvgIpc) is 2.69. The van der Waals surface area contributed by atoms with Crippen molar-refractivity contribution in [2.24, 2.45) is 7.05 Å². The fourth-order valence-electron chi connectivity index (χ4n) is 3.16. The zero-order chi connectivity index (χ0) is 19.1. The summed E-state index contributed by atoms with van der Waals surface area (Å²) in [7, 11) is 1.53. The van der Waals surface area contributed by atoms with Gasteiger partial charge in [-0.05, 0) is 31.2 Å². The van der Waals surface area contributed by atoms with Crippen LogP contribution in [0.2, 0.25) is 0 Å². The van der Waals surface area contributed by atoms with Crippen LogP contribution in [-0.2, 0) is 7.05 Å². The van der Waals surface area contributed by atoms with Crippen molar-refractivity contribution in [3.8, 4) is 11.4 Å². The monoisotopic (exact) mass is 360 g/mol. The van der Waals surface area contributed by atoms with Gasteiger partial charge in [0, 0.05) is 7.05 Å². The molecule has 134 valence electrons. The number of nitrogens with zero attached hydrogens (tertiary/aromatic N) is 4. The molecule has 0 saturated heterocycles. The minimum Gasteiger partial charge on any atom is -0.294 e. The standard InChI is InChI=1S/C20H16N4O3/c1-13-18(25)22(2)17-16(21-13)19(26)24(15-11-7-4-8-12-15)20(27)23(17)14-9-5-3-6-10-14/h3-12H,1-2H3. The van der Waals surface area contributed by atoms with Gasteiger partial charge in [0.25, 0.3) is 11.1 Å². The molecular formula is C20H16N4O3. The molecule has 4 aromatic rings. The third-order valence-corrected chi connectivity index (χ3v) is 4.45. The first-order valence-electron chi connectivity index (χ1n) is 8.37. The molecule has 27 heavy (non-hydrogen) atoms. The highest BCUT2D eigenvalue weighted by Crippen LogP contribution is 2.12. The lowest BCUT2D eigenvalue weighted by molar-refractivity contribution is 0.767. The van der Waals surface area contributed by atoms with E-state index in [0.29, 0.717) is 11.4 Å². The lowest BCUT2D eigenvalue weighted by atomic mass is 10.3. The first-order valence-corrected chi connectivity index (χ1v) is 8.37. The lowest BCUT2D eigenvalue weighted by Gasteiger charge is -2.16. The maximum absolute atomic E-state index is 13.3. The molecule has 0 aliphatic rings. The molecule has 0 saturated carbocycles. The van der Waals surface area contributed by atoms with Crippen LogP contribution in [0.3, 0.4) is 0 Å². The SMILES string of the molecule is Cc1nc2c(=O)n(-c3ccccc3)c(=O)n(-c3ccccc3)c2n(C)c1=O. The summed E-state index contributed by atoms with van der Waals surface area (Å²) < 4.78 is 3.71. The smallest absolute Gasteiger partial charge is 0.294 e. The van der Waals surface area contributed by atoms with Crippen molar-refractivity contribution >= 4 is 11.2 Å². The van der Waals surface area contributed by atoms with Crippen LogP contribution >= 0.6 is 0 Å². The van der Waals surface area contributed by atoms with Gasteiger partial charge in [-0.1, -0.05) is 36.4 Å². The second-order valence-electron chi connectivity index (χ2n) is 6.16.